The Labute approximate surface area is 177 Å². The maximum Gasteiger partial charge on any atom is 0.255 e. The van der Waals surface area contributed by atoms with Crippen LogP contribution in [0.2, 0.25) is 0 Å². The van der Waals surface area contributed by atoms with E-state index in [0.717, 1.165) is 44.3 Å². The highest BCUT2D eigenvalue weighted by Gasteiger charge is 2.29. The quantitative estimate of drug-likeness (QED) is 0.572. The van der Waals surface area contributed by atoms with Crippen LogP contribution in [0.5, 0.6) is 0 Å². The van der Waals surface area contributed by atoms with E-state index in [-0.39, 0.29) is 11.9 Å². The van der Waals surface area contributed by atoms with E-state index in [1.807, 2.05) is 11.9 Å². The smallest absolute Gasteiger partial charge is 0.255 e. The summed E-state index contributed by atoms with van der Waals surface area (Å²) in [5.74, 6) is 0.667. The summed E-state index contributed by atoms with van der Waals surface area (Å²) in [4.78, 5) is 23.9. The van der Waals surface area contributed by atoms with Gasteiger partial charge in [0.2, 0.25) is 0 Å². The van der Waals surface area contributed by atoms with Crippen molar-refractivity contribution >= 4 is 11.7 Å². The Bertz CT molecular complexity index is 958. The highest BCUT2D eigenvalue weighted by atomic mass is 19.1. The van der Waals surface area contributed by atoms with Crippen molar-refractivity contribution in [1.82, 2.24) is 19.3 Å². The zero-order chi connectivity index (χ0) is 21.3. The number of fused-ring (bicyclic) bond motifs is 1. The molecule has 0 atom stereocenters. The van der Waals surface area contributed by atoms with Gasteiger partial charge < -0.3 is 14.4 Å². The van der Waals surface area contributed by atoms with Crippen LogP contribution in [0.4, 0.5) is 4.39 Å². The maximum absolute atomic E-state index is 13.8. The molecular formula is C23H30FN5O. The van der Waals surface area contributed by atoms with Crippen LogP contribution in [-0.4, -0.2) is 83.9 Å². The summed E-state index contributed by atoms with van der Waals surface area (Å²) in [7, 11) is 3.54. The fourth-order valence-electron chi connectivity index (χ4n) is 4.52. The minimum atomic E-state index is -0.339. The molecule has 0 unspecified atom stereocenters. The van der Waals surface area contributed by atoms with Gasteiger partial charge in [-0.05, 0) is 12.5 Å². The second-order valence-electron chi connectivity index (χ2n) is 8.12. The molecule has 2 aromatic rings. The normalized spacial score (nSPS) is 18.1. The molecule has 1 saturated heterocycles. The lowest BCUT2D eigenvalue weighted by Gasteiger charge is -2.38. The Hall–Kier alpha value is -2.67. The van der Waals surface area contributed by atoms with Gasteiger partial charge in [-0.25, -0.2) is 0 Å². The number of rotatable bonds is 4. The lowest BCUT2D eigenvalue weighted by Crippen LogP contribution is -2.51. The molecule has 6 nitrogen and oxygen atoms in total. The van der Waals surface area contributed by atoms with Gasteiger partial charge >= 0.3 is 0 Å². The molecule has 0 bridgehead atoms. The summed E-state index contributed by atoms with van der Waals surface area (Å²) >= 11 is 0. The van der Waals surface area contributed by atoms with Crippen molar-refractivity contribution in [2.75, 3.05) is 52.9 Å². The number of hydrogen-bond acceptors (Lipinski definition) is 3. The van der Waals surface area contributed by atoms with Gasteiger partial charge in [0.15, 0.2) is 5.95 Å². The zero-order valence-corrected chi connectivity index (χ0v) is 18.1. The van der Waals surface area contributed by atoms with Gasteiger partial charge in [0.1, 0.15) is 5.84 Å². The molecule has 30 heavy (non-hydrogen) atoms. The van der Waals surface area contributed by atoms with Gasteiger partial charge in [0, 0.05) is 83.7 Å². The van der Waals surface area contributed by atoms with Crippen molar-refractivity contribution < 1.29 is 9.18 Å². The fraction of sp³-hybridized carbons (Fsp3) is 0.478. The van der Waals surface area contributed by atoms with Crippen molar-refractivity contribution in [3.63, 3.8) is 0 Å². The third-order valence-electron chi connectivity index (χ3n) is 6.39. The average Bonchev–Trinajstić information content (AvgIpc) is 3.05. The molecule has 1 fully saturated rings. The third kappa shape index (κ3) is 3.86. The van der Waals surface area contributed by atoms with Gasteiger partial charge in [-0.3, -0.25) is 14.7 Å². The van der Waals surface area contributed by atoms with E-state index >= 15 is 0 Å². The molecule has 0 N–H and O–H groups in total. The van der Waals surface area contributed by atoms with Gasteiger partial charge in [-0.1, -0.05) is 24.3 Å². The van der Waals surface area contributed by atoms with Crippen molar-refractivity contribution in [2.45, 2.75) is 13.3 Å². The van der Waals surface area contributed by atoms with E-state index in [2.05, 4.69) is 46.0 Å². The molecule has 1 aromatic carbocycles. The predicted octanol–water partition coefficient (Wildman–Crippen LogP) is 2.17. The van der Waals surface area contributed by atoms with Gasteiger partial charge in [0.25, 0.3) is 5.91 Å². The minimum Gasteiger partial charge on any atom is -0.354 e. The SMILES string of the molecule is C/N=C(\c1ccccc1C)N1CCN(CCN2CCc3c(cc(F)n3C)C2=O)CC1. The van der Waals surface area contributed by atoms with Gasteiger partial charge in [-0.15, -0.1) is 0 Å². The monoisotopic (exact) mass is 411 g/mol. The molecule has 0 aliphatic carbocycles. The predicted molar refractivity (Wildman–Crippen MR) is 117 cm³/mol. The Morgan fingerprint density at radius 2 is 1.83 bits per heavy atom. The van der Waals surface area contributed by atoms with E-state index in [0.29, 0.717) is 25.1 Å². The largest absolute Gasteiger partial charge is 0.354 e. The highest BCUT2D eigenvalue weighted by Crippen LogP contribution is 2.22. The summed E-state index contributed by atoms with van der Waals surface area (Å²) in [5.41, 5.74) is 3.76. The average molecular weight is 412 g/mol. The Balaban J connectivity index is 1.31. The van der Waals surface area contributed by atoms with Crippen molar-refractivity contribution in [3.8, 4) is 0 Å². The fourth-order valence-corrected chi connectivity index (χ4v) is 4.52. The molecule has 2 aliphatic rings. The van der Waals surface area contributed by atoms with Crippen LogP contribution >= 0.6 is 0 Å². The van der Waals surface area contributed by atoms with Crippen molar-refractivity contribution in [2.24, 2.45) is 12.0 Å². The maximum atomic E-state index is 13.8. The van der Waals surface area contributed by atoms with E-state index in [4.69, 9.17) is 0 Å². The van der Waals surface area contributed by atoms with Crippen LogP contribution in [0.3, 0.4) is 0 Å². The number of hydrogen-bond donors (Lipinski definition) is 0. The van der Waals surface area contributed by atoms with Gasteiger partial charge in [0.05, 0.1) is 5.56 Å². The Morgan fingerprint density at radius 3 is 2.53 bits per heavy atom. The second kappa shape index (κ2) is 8.60. The number of benzene rings is 1. The molecule has 0 spiro atoms. The standard InChI is InChI=1S/C23H30FN5O/c1-17-6-4-5-7-18(17)22(25-2)28-13-10-27(11-14-28)12-15-29-9-8-20-19(23(29)30)16-21(24)26(20)3/h4-7,16H,8-15H2,1-3H3/b25-22+. The number of carbonyl (C=O) groups is 1. The molecule has 160 valence electrons. The number of aryl methyl sites for hydroxylation is 1. The van der Waals surface area contributed by atoms with Crippen LogP contribution in [0.1, 0.15) is 27.2 Å². The molecule has 7 heteroatoms. The minimum absolute atomic E-state index is 0.0469. The number of piperazine rings is 1. The number of aliphatic imine (C=N–C) groups is 1. The summed E-state index contributed by atoms with van der Waals surface area (Å²) in [5, 5.41) is 0. The number of halogens is 1. The molecule has 0 radical (unpaired) electrons. The second-order valence-corrected chi connectivity index (χ2v) is 8.12. The summed E-state index contributed by atoms with van der Waals surface area (Å²) in [6.07, 6.45) is 0.710. The molecule has 4 rings (SSSR count). The van der Waals surface area contributed by atoms with Crippen LogP contribution < -0.4 is 0 Å². The summed E-state index contributed by atoms with van der Waals surface area (Å²) in [6, 6.07) is 9.74. The van der Waals surface area contributed by atoms with E-state index < -0.39 is 0 Å². The number of nitrogens with zero attached hydrogens (tertiary/aromatic N) is 5. The highest BCUT2D eigenvalue weighted by molar-refractivity contribution is 6.00. The molecular weight excluding hydrogens is 381 g/mol. The zero-order valence-electron chi connectivity index (χ0n) is 18.1. The van der Waals surface area contributed by atoms with Crippen LogP contribution in [0.25, 0.3) is 0 Å². The first kappa shape index (κ1) is 20.6. The number of carbonyl (C=O) groups excluding carboxylic acids is 1. The summed E-state index contributed by atoms with van der Waals surface area (Å²) in [6.45, 7) is 8.02. The Morgan fingerprint density at radius 1 is 1.10 bits per heavy atom. The van der Waals surface area contributed by atoms with Crippen LogP contribution in [0.15, 0.2) is 35.3 Å². The third-order valence-corrected chi connectivity index (χ3v) is 6.39. The van der Waals surface area contributed by atoms with Crippen LogP contribution in [-0.2, 0) is 13.5 Å². The molecule has 1 aromatic heterocycles. The molecule has 0 saturated carbocycles. The lowest BCUT2D eigenvalue weighted by molar-refractivity contribution is 0.0704. The number of aromatic nitrogens is 1. The van der Waals surface area contributed by atoms with Crippen LogP contribution in [0, 0.1) is 12.9 Å². The van der Waals surface area contributed by atoms with Gasteiger partial charge in [-0.2, -0.15) is 4.39 Å². The van der Waals surface area contributed by atoms with Crippen molar-refractivity contribution in [3.05, 3.63) is 58.7 Å². The first-order valence-electron chi connectivity index (χ1n) is 10.6. The summed E-state index contributed by atoms with van der Waals surface area (Å²) < 4.78 is 15.3. The first-order valence-corrected chi connectivity index (χ1v) is 10.6. The lowest BCUT2D eigenvalue weighted by atomic mass is 10.1. The molecule has 1 amide bonds. The number of amides is 1. The molecule has 2 aliphatic heterocycles. The van der Waals surface area contributed by atoms with E-state index in [9.17, 15) is 9.18 Å². The van der Waals surface area contributed by atoms with Crippen molar-refractivity contribution in [1.29, 1.82) is 0 Å². The van der Waals surface area contributed by atoms with E-state index in [1.54, 1.807) is 7.05 Å². The number of amidine groups is 1. The molecule has 3 heterocycles. The van der Waals surface area contributed by atoms with E-state index in [1.165, 1.54) is 21.8 Å². The topological polar surface area (TPSA) is 44.1 Å². The Kier molecular flexibility index (Phi) is 5.90. The first-order chi connectivity index (χ1) is 14.5.